The van der Waals surface area contributed by atoms with E-state index in [1.165, 1.54) is 9.21 Å². The molecule has 0 saturated heterocycles. The minimum absolute atomic E-state index is 0.255. The van der Waals surface area contributed by atoms with Crippen molar-refractivity contribution in [3.8, 4) is 0 Å². The molecule has 0 aromatic heterocycles. The van der Waals surface area contributed by atoms with Gasteiger partial charge in [-0.2, -0.15) is 0 Å². The summed E-state index contributed by atoms with van der Waals surface area (Å²) in [5.41, 5.74) is 2.43. The van der Waals surface area contributed by atoms with E-state index < -0.39 is 16.1 Å². The van der Waals surface area contributed by atoms with Gasteiger partial charge in [-0.05, 0) is 44.0 Å². The van der Waals surface area contributed by atoms with Crippen LogP contribution in [0.4, 0.5) is 5.69 Å². The lowest BCUT2D eigenvalue weighted by Crippen LogP contribution is -2.47. The van der Waals surface area contributed by atoms with Crippen molar-refractivity contribution >= 4 is 21.6 Å². The maximum absolute atomic E-state index is 12.1. The highest BCUT2D eigenvalue weighted by atomic mass is 32.2. The Kier molecular flexibility index (Phi) is 4.81. The summed E-state index contributed by atoms with van der Waals surface area (Å²) < 4.78 is 25.3. The molecule has 0 radical (unpaired) electrons. The minimum atomic E-state index is -3.54. The molecule has 1 aromatic rings. The second-order valence-corrected chi connectivity index (χ2v) is 7.17. The van der Waals surface area contributed by atoms with Crippen LogP contribution in [0.1, 0.15) is 18.1 Å². The number of aryl methyl sites for hydroxylation is 2. The van der Waals surface area contributed by atoms with Crippen molar-refractivity contribution in [2.75, 3.05) is 24.7 Å². The van der Waals surface area contributed by atoms with Crippen LogP contribution < -0.4 is 4.31 Å². The van der Waals surface area contributed by atoms with Crippen LogP contribution in [0.15, 0.2) is 18.2 Å². The second-order valence-electron chi connectivity index (χ2n) is 5.31. The van der Waals surface area contributed by atoms with Gasteiger partial charge in [-0.25, -0.2) is 8.42 Å². The Morgan fingerprint density at radius 2 is 1.55 bits per heavy atom. The van der Waals surface area contributed by atoms with Crippen LogP contribution in [0.25, 0.3) is 0 Å². The molecule has 0 fully saturated rings. The highest BCUT2D eigenvalue weighted by molar-refractivity contribution is 7.92. The van der Waals surface area contributed by atoms with Gasteiger partial charge in [-0.3, -0.25) is 9.10 Å². The van der Waals surface area contributed by atoms with Crippen molar-refractivity contribution < 1.29 is 13.2 Å². The van der Waals surface area contributed by atoms with Crippen LogP contribution in [-0.2, 0) is 14.8 Å². The average Bonchev–Trinajstić information content (AvgIpc) is 2.24. The summed E-state index contributed by atoms with van der Waals surface area (Å²) in [4.78, 5) is 13.5. The topological polar surface area (TPSA) is 57.7 Å². The van der Waals surface area contributed by atoms with Crippen LogP contribution in [0.2, 0.25) is 0 Å². The quantitative estimate of drug-likeness (QED) is 0.847. The van der Waals surface area contributed by atoms with Gasteiger partial charge in [0.05, 0.1) is 11.9 Å². The summed E-state index contributed by atoms with van der Waals surface area (Å²) in [5.74, 6) is -0.255. The smallest absolute Gasteiger partial charge is 0.245 e. The van der Waals surface area contributed by atoms with E-state index in [0.717, 1.165) is 17.4 Å². The summed E-state index contributed by atoms with van der Waals surface area (Å²) in [6.45, 7) is 5.39. The van der Waals surface area contributed by atoms with Crippen LogP contribution in [-0.4, -0.2) is 45.6 Å². The fraction of sp³-hybridized carbons (Fsp3) is 0.500. The summed E-state index contributed by atoms with van der Waals surface area (Å²) in [5, 5.41) is 0. The van der Waals surface area contributed by atoms with E-state index in [4.69, 9.17) is 0 Å². The monoisotopic (exact) mass is 298 g/mol. The van der Waals surface area contributed by atoms with Gasteiger partial charge in [-0.1, -0.05) is 6.07 Å². The summed E-state index contributed by atoms with van der Waals surface area (Å²) >= 11 is 0. The van der Waals surface area contributed by atoms with E-state index >= 15 is 0 Å². The summed E-state index contributed by atoms with van der Waals surface area (Å²) in [7, 11) is -0.320. The van der Waals surface area contributed by atoms with Crippen molar-refractivity contribution in [2.24, 2.45) is 0 Å². The third kappa shape index (κ3) is 3.72. The largest absolute Gasteiger partial charge is 0.347 e. The Hall–Kier alpha value is -1.56. The first kappa shape index (κ1) is 16.5. The zero-order valence-corrected chi connectivity index (χ0v) is 13.7. The molecule has 0 spiro atoms. The molecule has 0 aliphatic heterocycles. The fourth-order valence-corrected chi connectivity index (χ4v) is 3.41. The molecule has 0 saturated carbocycles. The number of sulfonamides is 1. The first-order valence-corrected chi connectivity index (χ1v) is 8.17. The van der Waals surface area contributed by atoms with Crippen LogP contribution in [0.3, 0.4) is 0 Å². The fourth-order valence-electron chi connectivity index (χ4n) is 2.25. The van der Waals surface area contributed by atoms with Gasteiger partial charge in [0.2, 0.25) is 15.9 Å². The third-order valence-corrected chi connectivity index (χ3v) is 4.21. The number of hydrogen-bond acceptors (Lipinski definition) is 3. The molecule has 1 amide bonds. The molecule has 112 valence electrons. The van der Waals surface area contributed by atoms with E-state index in [-0.39, 0.29) is 5.91 Å². The van der Waals surface area contributed by atoms with E-state index in [0.29, 0.717) is 5.69 Å². The Bertz CT molecular complexity index is 589. The number of hydrogen-bond donors (Lipinski definition) is 0. The predicted molar refractivity (Wildman–Crippen MR) is 81.4 cm³/mol. The van der Waals surface area contributed by atoms with Crippen molar-refractivity contribution in [3.63, 3.8) is 0 Å². The molecule has 1 atom stereocenters. The molecule has 6 heteroatoms. The zero-order valence-electron chi connectivity index (χ0n) is 12.8. The Morgan fingerprint density at radius 1 is 1.10 bits per heavy atom. The second kappa shape index (κ2) is 5.83. The van der Waals surface area contributed by atoms with Gasteiger partial charge in [0.25, 0.3) is 0 Å². The van der Waals surface area contributed by atoms with E-state index in [1.807, 2.05) is 19.9 Å². The van der Waals surface area contributed by atoms with Crippen molar-refractivity contribution in [1.29, 1.82) is 0 Å². The molecule has 0 heterocycles. The number of benzene rings is 1. The summed E-state index contributed by atoms with van der Waals surface area (Å²) in [6, 6.07) is 4.73. The Morgan fingerprint density at radius 3 is 1.90 bits per heavy atom. The van der Waals surface area contributed by atoms with Gasteiger partial charge < -0.3 is 4.90 Å². The highest BCUT2D eigenvalue weighted by Gasteiger charge is 2.30. The van der Waals surface area contributed by atoms with Gasteiger partial charge >= 0.3 is 0 Å². The average molecular weight is 298 g/mol. The first-order valence-electron chi connectivity index (χ1n) is 6.33. The normalized spacial score (nSPS) is 12.9. The lowest BCUT2D eigenvalue weighted by atomic mass is 10.1. The van der Waals surface area contributed by atoms with Crippen LogP contribution in [0, 0.1) is 13.8 Å². The van der Waals surface area contributed by atoms with E-state index in [9.17, 15) is 13.2 Å². The number of likely N-dealkylation sites (N-methyl/N-ethyl adjacent to an activating group) is 1. The van der Waals surface area contributed by atoms with Crippen LogP contribution >= 0.6 is 0 Å². The van der Waals surface area contributed by atoms with Crippen molar-refractivity contribution in [3.05, 3.63) is 29.3 Å². The van der Waals surface area contributed by atoms with Gasteiger partial charge in [0, 0.05) is 14.1 Å². The first-order chi connectivity index (χ1) is 9.04. The van der Waals surface area contributed by atoms with E-state index in [2.05, 4.69) is 0 Å². The molecule has 1 rings (SSSR count). The number of carbonyl (C=O) groups excluding carboxylic acids is 1. The standard InChI is InChI=1S/C14H22N2O3S/c1-10-7-11(2)9-13(8-10)16(20(6,18)19)12(3)14(17)15(4)5/h7-9,12H,1-6H3/t12-/m0/s1. The van der Waals surface area contributed by atoms with Crippen LogP contribution in [0.5, 0.6) is 0 Å². The molecular formula is C14H22N2O3S. The third-order valence-electron chi connectivity index (χ3n) is 2.97. The van der Waals surface area contributed by atoms with Crippen molar-refractivity contribution in [1.82, 2.24) is 4.90 Å². The van der Waals surface area contributed by atoms with Gasteiger partial charge in [0.1, 0.15) is 6.04 Å². The highest BCUT2D eigenvalue weighted by Crippen LogP contribution is 2.24. The summed E-state index contributed by atoms with van der Waals surface area (Å²) in [6.07, 6.45) is 1.12. The van der Waals surface area contributed by atoms with Gasteiger partial charge in [0.15, 0.2) is 0 Å². The number of nitrogens with zero attached hydrogens (tertiary/aromatic N) is 2. The maximum atomic E-state index is 12.1. The molecule has 5 nitrogen and oxygen atoms in total. The molecule has 0 unspecified atom stereocenters. The SMILES string of the molecule is Cc1cc(C)cc(N([C@@H](C)C(=O)N(C)C)S(C)(=O)=O)c1. The number of anilines is 1. The Balaban J connectivity index is 3.37. The lowest BCUT2D eigenvalue weighted by Gasteiger charge is -2.30. The molecule has 0 aliphatic carbocycles. The molecule has 0 bridgehead atoms. The zero-order chi connectivity index (χ0) is 15.7. The minimum Gasteiger partial charge on any atom is -0.347 e. The molecule has 1 aromatic carbocycles. The molecular weight excluding hydrogens is 276 g/mol. The maximum Gasteiger partial charge on any atom is 0.245 e. The molecule has 0 aliphatic rings. The van der Waals surface area contributed by atoms with E-state index in [1.54, 1.807) is 33.2 Å². The predicted octanol–water partition coefficient (Wildman–Crippen LogP) is 1.55. The molecule has 0 N–H and O–H groups in total. The number of amides is 1. The number of rotatable bonds is 4. The molecule has 20 heavy (non-hydrogen) atoms. The Labute approximate surface area is 121 Å². The van der Waals surface area contributed by atoms with Crippen molar-refractivity contribution in [2.45, 2.75) is 26.8 Å². The van der Waals surface area contributed by atoms with Gasteiger partial charge in [-0.15, -0.1) is 0 Å². The number of carbonyl (C=O) groups is 1. The lowest BCUT2D eigenvalue weighted by molar-refractivity contribution is -0.129.